The molecule has 0 radical (unpaired) electrons. The number of halogens is 2. The van der Waals surface area contributed by atoms with Gasteiger partial charge in [0.15, 0.2) is 5.78 Å². The highest BCUT2D eigenvalue weighted by molar-refractivity contribution is 6.09. The summed E-state index contributed by atoms with van der Waals surface area (Å²) in [5.41, 5.74) is 2.21. The van der Waals surface area contributed by atoms with Gasteiger partial charge in [-0.2, -0.15) is 0 Å². The molecular weight excluding hydrogens is 260 g/mol. The Balaban J connectivity index is 2.00. The molecule has 0 spiro atoms. The Kier molecular flexibility index (Phi) is 3.22. The van der Waals surface area contributed by atoms with Crippen LogP contribution in [-0.4, -0.2) is 12.3 Å². The van der Waals surface area contributed by atoms with Gasteiger partial charge in [-0.1, -0.05) is 0 Å². The highest BCUT2D eigenvalue weighted by Gasteiger charge is 2.17. The lowest BCUT2D eigenvalue weighted by atomic mass is 9.96. The average molecular weight is 273 g/mol. The van der Waals surface area contributed by atoms with Crippen molar-refractivity contribution in [2.24, 2.45) is 0 Å². The molecule has 1 heterocycles. The third-order valence-corrected chi connectivity index (χ3v) is 3.48. The Bertz CT molecular complexity index is 682. The molecule has 0 atom stereocenters. The zero-order valence-electron chi connectivity index (χ0n) is 10.7. The Morgan fingerprint density at radius 2 is 1.95 bits per heavy atom. The standard InChI is InChI=1S/C16H13F2NO/c17-12-4-5-14(18)13(9-12)16(20)11-3-6-15-10(8-11)2-1-7-19-15/h3-6,8-9,19H,1-2,7H2. The van der Waals surface area contributed by atoms with E-state index in [2.05, 4.69) is 5.32 Å². The Hall–Kier alpha value is -2.23. The number of hydrogen-bond donors (Lipinski definition) is 1. The lowest BCUT2D eigenvalue weighted by molar-refractivity contribution is 0.103. The fourth-order valence-electron chi connectivity index (χ4n) is 2.44. The molecule has 102 valence electrons. The van der Waals surface area contributed by atoms with Crippen molar-refractivity contribution in [3.8, 4) is 0 Å². The molecule has 0 amide bonds. The predicted octanol–water partition coefficient (Wildman–Crippen LogP) is 3.55. The highest BCUT2D eigenvalue weighted by Crippen LogP contribution is 2.24. The van der Waals surface area contributed by atoms with Crippen molar-refractivity contribution in [1.29, 1.82) is 0 Å². The zero-order chi connectivity index (χ0) is 14.1. The van der Waals surface area contributed by atoms with Crippen LogP contribution in [0.15, 0.2) is 36.4 Å². The van der Waals surface area contributed by atoms with Crippen molar-refractivity contribution in [2.75, 3.05) is 11.9 Å². The van der Waals surface area contributed by atoms with Crippen molar-refractivity contribution in [3.05, 3.63) is 64.7 Å². The van der Waals surface area contributed by atoms with Crippen molar-refractivity contribution in [2.45, 2.75) is 12.8 Å². The summed E-state index contributed by atoms with van der Waals surface area (Å²) >= 11 is 0. The summed E-state index contributed by atoms with van der Waals surface area (Å²) in [6, 6.07) is 8.14. The molecule has 1 aliphatic rings. The maximum Gasteiger partial charge on any atom is 0.196 e. The molecule has 1 N–H and O–H groups in total. The average Bonchev–Trinajstić information content (AvgIpc) is 2.48. The summed E-state index contributed by atoms with van der Waals surface area (Å²) in [4.78, 5) is 12.3. The van der Waals surface area contributed by atoms with Gasteiger partial charge in [0.1, 0.15) is 11.6 Å². The zero-order valence-corrected chi connectivity index (χ0v) is 10.7. The van der Waals surface area contributed by atoms with Gasteiger partial charge in [-0.05, 0) is 54.8 Å². The van der Waals surface area contributed by atoms with Gasteiger partial charge < -0.3 is 5.32 Å². The molecule has 0 unspecified atom stereocenters. The highest BCUT2D eigenvalue weighted by atomic mass is 19.1. The van der Waals surface area contributed by atoms with Gasteiger partial charge >= 0.3 is 0 Å². The minimum absolute atomic E-state index is 0.228. The van der Waals surface area contributed by atoms with Gasteiger partial charge in [-0.25, -0.2) is 8.78 Å². The van der Waals surface area contributed by atoms with Gasteiger partial charge in [-0.15, -0.1) is 0 Å². The minimum atomic E-state index is -0.702. The summed E-state index contributed by atoms with van der Waals surface area (Å²) in [5.74, 6) is -1.81. The number of fused-ring (bicyclic) bond motifs is 1. The molecule has 0 bridgehead atoms. The first kappa shape index (κ1) is 12.8. The maximum atomic E-state index is 13.6. The SMILES string of the molecule is O=C(c1ccc2c(c1)CCCN2)c1cc(F)ccc1F. The normalized spacial score (nSPS) is 13.5. The summed E-state index contributed by atoms with van der Waals surface area (Å²) < 4.78 is 26.8. The van der Waals surface area contributed by atoms with Gasteiger partial charge in [0, 0.05) is 17.8 Å². The van der Waals surface area contributed by atoms with Crippen LogP contribution >= 0.6 is 0 Å². The van der Waals surface area contributed by atoms with E-state index in [4.69, 9.17) is 0 Å². The number of benzene rings is 2. The van der Waals surface area contributed by atoms with E-state index in [1.54, 1.807) is 12.1 Å². The molecule has 0 aliphatic carbocycles. The quantitative estimate of drug-likeness (QED) is 0.848. The number of rotatable bonds is 2. The third-order valence-electron chi connectivity index (χ3n) is 3.48. The maximum absolute atomic E-state index is 13.6. The summed E-state index contributed by atoms with van der Waals surface area (Å²) in [7, 11) is 0. The van der Waals surface area contributed by atoms with Crippen LogP contribution in [0.1, 0.15) is 27.9 Å². The van der Waals surface area contributed by atoms with E-state index >= 15 is 0 Å². The van der Waals surface area contributed by atoms with E-state index in [9.17, 15) is 13.6 Å². The predicted molar refractivity (Wildman–Crippen MR) is 73.0 cm³/mol. The molecule has 1 aliphatic heterocycles. The van der Waals surface area contributed by atoms with Crippen LogP contribution in [-0.2, 0) is 6.42 Å². The molecule has 20 heavy (non-hydrogen) atoms. The summed E-state index contributed by atoms with van der Waals surface area (Å²) in [5, 5.41) is 3.24. The van der Waals surface area contributed by atoms with Crippen LogP contribution in [0.4, 0.5) is 14.5 Å². The van der Waals surface area contributed by atoms with Crippen molar-refractivity contribution in [1.82, 2.24) is 0 Å². The van der Waals surface area contributed by atoms with Crippen molar-refractivity contribution >= 4 is 11.5 Å². The largest absolute Gasteiger partial charge is 0.385 e. The minimum Gasteiger partial charge on any atom is -0.385 e. The number of carbonyl (C=O) groups excluding carboxylic acids is 1. The van der Waals surface area contributed by atoms with E-state index in [0.717, 1.165) is 48.8 Å². The molecular formula is C16H13F2NO. The van der Waals surface area contributed by atoms with Crippen LogP contribution < -0.4 is 5.32 Å². The number of carbonyl (C=O) groups is 1. The van der Waals surface area contributed by atoms with Gasteiger partial charge in [0.2, 0.25) is 0 Å². The molecule has 0 fully saturated rings. The topological polar surface area (TPSA) is 29.1 Å². The Morgan fingerprint density at radius 1 is 1.10 bits per heavy atom. The fourth-order valence-corrected chi connectivity index (χ4v) is 2.44. The summed E-state index contributed by atoms with van der Waals surface area (Å²) in [6.45, 7) is 0.915. The fraction of sp³-hybridized carbons (Fsp3) is 0.188. The van der Waals surface area contributed by atoms with Crippen LogP contribution in [0.5, 0.6) is 0 Å². The first-order valence-corrected chi connectivity index (χ1v) is 6.52. The third kappa shape index (κ3) is 2.29. The molecule has 0 saturated carbocycles. The van der Waals surface area contributed by atoms with Gasteiger partial charge in [-0.3, -0.25) is 4.79 Å². The molecule has 2 aromatic rings. The van der Waals surface area contributed by atoms with Crippen LogP contribution in [0, 0.1) is 11.6 Å². The second-order valence-corrected chi connectivity index (χ2v) is 4.86. The molecule has 0 saturated heterocycles. The van der Waals surface area contributed by atoms with Crippen molar-refractivity contribution in [3.63, 3.8) is 0 Å². The smallest absolute Gasteiger partial charge is 0.196 e. The lowest BCUT2D eigenvalue weighted by Gasteiger charge is -2.18. The van der Waals surface area contributed by atoms with Crippen LogP contribution in [0.2, 0.25) is 0 Å². The van der Waals surface area contributed by atoms with E-state index in [1.165, 1.54) is 0 Å². The first-order chi connectivity index (χ1) is 9.65. The first-order valence-electron chi connectivity index (χ1n) is 6.52. The van der Waals surface area contributed by atoms with E-state index in [-0.39, 0.29) is 5.56 Å². The molecule has 0 aromatic heterocycles. The molecule has 2 aromatic carbocycles. The number of aryl methyl sites for hydroxylation is 1. The Labute approximate surface area is 115 Å². The molecule has 2 nitrogen and oxygen atoms in total. The Morgan fingerprint density at radius 3 is 2.80 bits per heavy atom. The number of hydrogen-bond acceptors (Lipinski definition) is 2. The van der Waals surface area contributed by atoms with Crippen LogP contribution in [0.3, 0.4) is 0 Å². The second-order valence-electron chi connectivity index (χ2n) is 4.86. The van der Waals surface area contributed by atoms with E-state index in [1.807, 2.05) is 6.07 Å². The lowest BCUT2D eigenvalue weighted by Crippen LogP contribution is -2.13. The summed E-state index contributed by atoms with van der Waals surface area (Å²) in [6.07, 6.45) is 1.88. The van der Waals surface area contributed by atoms with E-state index < -0.39 is 17.4 Å². The molecule has 3 rings (SSSR count). The van der Waals surface area contributed by atoms with Crippen molar-refractivity contribution < 1.29 is 13.6 Å². The van der Waals surface area contributed by atoms with E-state index in [0.29, 0.717) is 5.56 Å². The van der Waals surface area contributed by atoms with Crippen LogP contribution in [0.25, 0.3) is 0 Å². The van der Waals surface area contributed by atoms with Gasteiger partial charge in [0.25, 0.3) is 0 Å². The monoisotopic (exact) mass is 273 g/mol. The number of ketones is 1. The van der Waals surface area contributed by atoms with Gasteiger partial charge in [0.05, 0.1) is 5.56 Å². The number of nitrogens with one attached hydrogen (secondary N) is 1. The molecule has 4 heteroatoms. The second kappa shape index (κ2) is 5.04. The number of anilines is 1.